The molecule has 3 amide bonds. The maximum absolute atomic E-state index is 12.6. The van der Waals surface area contributed by atoms with Crippen LogP contribution in [0.4, 0.5) is 39.5 Å². The predicted octanol–water partition coefficient (Wildman–Crippen LogP) is 14.0. The molecule has 6 atom stereocenters. The fourth-order valence-electron chi connectivity index (χ4n) is 12.3. The standard InChI is InChI=1S/3C22H24F3N3O2/c3*1-13-7-14(2)28(13)21(29)18-11-26-20(27-12-18)6-3-15-8-17(16-4-5-16)10-19(9-15)30-22(23,24)25/h3*8-14,16H,3-7H2,1-2H3/t13-,14+;2*13-,14-/m.10/s1. The third-order valence-electron chi connectivity index (χ3n) is 17.2. The fourth-order valence-corrected chi connectivity index (χ4v) is 12.3. The molecule has 3 aromatic carbocycles. The number of alkyl halides is 9. The third kappa shape index (κ3) is 17.5. The minimum absolute atomic E-state index is 0.0705. The van der Waals surface area contributed by atoms with E-state index >= 15 is 0 Å². The number of hydrogen-bond acceptors (Lipinski definition) is 12. The monoisotopic (exact) mass is 1260 g/mol. The highest BCUT2D eigenvalue weighted by molar-refractivity contribution is 5.95. The Morgan fingerprint density at radius 2 is 0.589 bits per heavy atom. The van der Waals surface area contributed by atoms with Gasteiger partial charge in [-0.3, -0.25) is 14.4 Å². The van der Waals surface area contributed by atoms with E-state index in [9.17, 15) is 53.9 Å². The Morgan fingerprint density at radius 3 is 0.778 bits per heavy atom. The first-order valence-electron chi connectivity index (χ1n) is 30.7. The van der Waals surface area contributed by atoms with E-state index < -0.39 is 19.1 Å². The van der Waals surface area contributed by atoms with Crippen molar-refractivity contribution in [2.75, 3.05) is 0 Å². The van der Waals surface area contributed by atoms with Crippen molar-refractivity contribution in [3.8, 4) is 17.2 Å². The van der Waals surface area contributed by atoms with Crippen LogP contribution < -0.4 is 14.2 Å². The minimum Gasteiger partial charge on any atom is -0.406 e. The van der Waals surface area contributed by atoms with Gasteiger partial charge in [0.1, 0.15) is 34.7 Å². The Kier molecular flexibility index (Phi) is 19.4. The van der Waals surface area contributed by atoms with Crippen molar-refractivity contribution < 1.29 is 68.1 Å². The number of nitrogens with zero attached hydrogens (tertiary/aromatic N) is 9. The molecule has 3 aliphatic heterocycles. The van der Waals surface area contributed by atoms with Crippen LogP contribution in [0.1, 0.15) is 199 Å². The molecule has 0 bridgehead atoms. The molecule has 24 heteroatoms. The first-order valence-corrected chi connectivity index (χ1v) is 30.7. The van der Waals surface area contributed by atoms with Crippen molar-refractivity contribution in [1.29, 1.82) is 0 Å². The molecule has 15 nitrogen and oxygen atoms in total. The van der Waals surface area contributed by atoms with Gasteiger partial charge >= 0.3 is 19.1 Å². The topological polar surface area (TPSA) is 166 Å². The van der Waals surface area contributed by atoms with Crippen molar-refractivity contribution in [3.05, 3.63) is 159 Å². The average Bonchev–Trinajstić information content (AvgIpc) is 2.13. The zero-order valence-corrected chi connectivity index (χ0v) is 50.8. The average molecular weight is 1260 g/mol. The van der Waals surface area contributed by atoms with E-state index in [2.05, 4.69) is 44.1 Å². The molecule has 6 fully saturated rings. The quantitative estimate of drug-likeness (QED) is 0.0749. The summed E-state index contributed by atoms with van der Waals surface area (Å²) in [5.74, 6) is 1.83. The Morgan fingerprint density at radius 1 is 0.367 bits per heavy atom. The SMILES string of the molecule is C[C@@H]1C[C@@H](C)N1C(=O)c1cnc(CCc2cc(OC(F)(F)F)cc(C3CC3)c2)nc1.C[C@@H]1C[C@H](C)N1C(=O)c1cnc(CCc2cc(OC(F)(F)F)cc(C3CC3)c2)nc1.C[C@H]1C[C@H](C)N1C(=O)c1cnc(CCc2cc(OC(F)(F)F)cc(C3CC3)c2)nc1. The van der Waals surface area contributed by atoms with E-state index in [1.54, 1.807) is 0 Å². The van der Waals surface area contributed by atoms with Crippen LogP contribution in [0.5, 0.6) is 17.2 Å². The third-order valence-corrected chi connectivity index (χ3v) is 17.2. The number of likely N-dealkylation sites (tertiary alicyclic amines) is 3. The van der Waals surface area contributed by atoms with Crippen LogP contribution in [0.2, 0.25) is 0 Å². The predicted molar refractivity (Wildman–Crippen MR) is 313 cm³/mol. The van der Waals surface area contributed by atoms with Gasteiger partial charge in [0.25, 0.3) is 17.7 Å². The maximum atomic E-state index is 12.6. The number of amides is 3. The molecular formula is C66H72F9N9O6. The van der Waals surface area contributed by atoms with Gasteiger partial charge in [0.2, 0.25) is 0 Å². The highest BCUT2D eigenvalue weighted by atomic mass is 19.4. The normalized spacial score (nSPS) is 21.3. The number of benzene rings is 3. The molecule has 0 spiro atoms. The molecule has 12 rings (SSSR count). The Balaban J connectivity index is 0.000000148. The van der Waals surface area contributed by atoms with Gasteiger partial charge < -0.3 is 28.9 Å². The van der Waals surface area contributed by atoms with Gasteiger partial charge in [-0.2, -0.15) is 0 Å². The number of halogens is 9. The Hall–Kier alpha value is -7.92. The summed E-state index contributed by atoms with van der Waals surface area (Å²) in [5, 5.41) is 0. The van der Waals surface area contributed by atoms with Crippen molar-refractivity contribution >= 4 is 17.7 Å². The van der Waals surface area contributed by atoms with E-state index in [1.165, 1.54) is 73.6 Å². The van der Waals surface area contributed by atoms with Gasteiger partial charge in [-0.05, 0) is 206 Å². The molecule has 6 aromatic rings. The maximum Gasteiger partial charge on any atom is 0.573 e. The lowest BCUT2D eigenvalue weighted by Crippen LogP contribution is -2.55. The molecule has 3 aromatic heterocycles. The highest BCUT2D eigenvalue weighted by Crippen LogP contribution is 2.45. The van der Waals surface area contributed by atoms with Crippen molar-refractivity contribution in [3.63, 3.8) is 0 Å². The highest BCUT2D eigenvalue weighted by Gasteiger charge is 2.40. The number of hydrogen-bond donors (Lipinski definition) is 0. The molecule has 0 N–H and O–H groups in total. The summed E-state index contributed by atoms with van der Waals surface area (Å²) < 4.78 is 126. The molecule has 0 radical (unpaired) electrons. The Labute approximate surface area is 516 Å². The van der Waals surface area contributed by atoms with E-state index in [4.69, 9.17) is 0 Å². The number of rotatable bonds is 18. The summed E-state index contributed by atoms with van der Waals surface area (Å²) in [4.78, 5) is 68.8. The number of carbonyl (C=O) groups excluding carboxylic acids is 3. The second-order valence-corrected chi connectivity index (χ2v) is 24.8. The van der Waals surface area contributed by atoms with E-state index in [1.807, 2.05) is 74.4 Å². The van der Waals surface area contributed by atoms with Crippen LogP contribution in [0.25, 0.3) is 0 Å². The van der Waals surface area contributed by atoms with Crippen LogP contribution in [-0.4, -0.2) is 118 Å². The van der Waals surface area contributed by atoms with Gasteiger partial charge in [-0.25, -0.2) is 29.9 Å². The van der Waals surface area contributed by atoms with Gasteiger partial charge in [-0.1, -0.05) is 18.2 Å². The molecule has 3 saturated carbocycles. The molecule has 480 valence electrons. The smallest absolute Gasteiger partial charge is 0.406 e. The van der Waals surface area contributed by atoms with E-state index in [0.717, 1.165) is 91.2 Å². The van der Waals surface area contributed by atoms with Gasteiger partial charge in [0.05, 0.1) is 16.7 Å². The first-order chi connectivity index (χ1) is 42.6. The molecule has 3 aliphatic carbocycles. The fraction of sp³-hybridized carbons (Fsp3) is 0.500. The molecule has 6 aliphatic rings. The number of ether oxygens (including phenoxy) is 3. The van der Waals surface area contributed by atoms with Gasteiger partial charge in [0, 0.05) is 92.7 Å². The number of aryl methyl sites for hydroxylation is 6. The van der Waals surface area contributed by atoms with Crippen LogP contribution in [0, 0.1) is 0 Å². The van der Waals surface area contributed by atoms with Crippen molar-refractivity contribution in [2.24, 2.45) is 0 Å². The summed E-state index contributed by atoms with van der Waals surface area (Å²) >= 11 is 0. The van der Waals surface area contributed by atoms with Gasteiger partial charge in [0.15, 0.2) is 0 Å². The minimum atomic E-state index is -4.71. The van der Waals surface area contributed by atoms with E-state index in [0.29, 0.717) is 90.4 Å². The van der Waals surface area contributed by atoms with Gasteiger partial charge in [-0.15, -0.1) is 39.5 Å². The largest absolute Gasteiger partial charge is 0.573 e. The lowest BCUT2D eigenvalue weighted by molar-refractivity contribution is -0.275. The lowest BCUT2D eigenvalue weighted by atomic mass is 9.95. The Bertz CT molecular complexity index is 3120. The zero-order chi connectivity index (χ0) is 64.4. The summed E-state index contributed by atoms with van der Waals surface area (Å²) in [5.41, 5.74) is 6.27. The summed E-state index contributed by atoms with van der Waals surface area (Å²) in [7, 11) is 0. The van der Waals surface area contributed by atoms with Crippen LogP contribution in [-0.2, 0) is 38.5 Å². The lowest BCUT2D eigenvalue weighted by Gasteiger charge is -2.45. The molecule has 0 unspecified atom stereocenters. The number of carbonyl (C=O) groups is 3. The molecule has 3 saturated heterocycles. The second kappa shape index (κ2) is 26.9. The molecular weight excluding hydrogens is 1190 g/mol. The first kappa shape index (κ1) is 65.0. The molecule has 6 heterocycles. The second-order valence-electron chi connectivity index (χ2n) is 24.8. The summed E-state index contributed by atoms with van der Waals surface area (Å²) in [6.45, 7) is 12.1. The molecule has 90 heavy (non-hydrogen) atoms. The summed E-state index contributed by atoms with van der Waals surface area (Å²) in [6.07, 6.45) is 6.79. The van der Waals surface area contributed by atoms with Crippen molar-refractivity contribution in [2.45, 2.75) is 211 Å². The van der Waals surface area contributed by atoms with Crippen LogP contribution in [0.3, 0.4) is 0 Å². The van der Waals surface area contributed by atoms with Crippen LogP contribution >= 0.6 is 0 Å². The summed E-state index contributed by atoms with van der Waals surface area (Å²) in [6, 6.07) is 15.8. The zero-order valence-electron chi connectivity index (χ0n) is 50.8. The van der Waals surface area contributed by atoms with Crippen LogP contribution in [0.15, 0.2) is 91.8 Å². The van der Waals surface area contributed by atoms with Crippen molar-refractivity contribution in [1.82, 2.24) is 44.6 Å². The number of aromatic nitrogens is 6. The van der Waals surface area contributed by atoms with E-state index in [-0.39, 0.29) is 71.2 Å².